The molecule has 0 atom stereocenters. The van der Waals surface area contributed by atoms with Crippen LogP contribution in [-0.4, -0.2) is 24.6 Å². The Morgan fingerprint density at radius 1 is 0.829 bits per heavy atom. The minimum absolute atomic E-state index is 0.132. The van der Waals surface area contributed by atoms with E-state index in [1.54, 1.807) is 49.6 Å². The fraction of sp³-hybridized carbons (Fsp3) is 0.154. The number of rotatable bonds is 2. The maximum Gasteiger partial charge on any atom is 0.433 e. The molecule has 0 radical (unpaired) electrons. The second-order valence-corrected chi connectivity index (χ2v) is 8.35. The van der Waals surface area contributed by atoms with Crippen LogP contribution in [0.25, 0.3) is 28.0 Å². The molecule has 0 fully saturated rings. The maximum absolute atomic E-state index is 13.8. The molecule has 1 aromatic carbocycles. The van der Waals surface area contributed by atoms with Gasteiger partial charge in [0.15, 0.2) is 11.3 Å². The van der Waals surface area contributed by atoms with Gasteiger partial charge in [0.2, 0.25) is 0 Å². The summed E-state index contributed by atoms with van der Waals surface area (Å²) in [6.07, 6.45) is 0.313. The Kier molecular flexibility index (Phi) is 6.84. The van der Waals surface area contributed by atoms with Gasteiger partial charge in [-0.25, -0.2) is 9.50 Å². The predicted octanol–water partition coefficient (Wildman–Crippen LogP) is 7.14. The van der Waals surface area contributed by atoms with Crippen molar-refractivity contribution in [1.82, 2.24) is 24.6 Å². The number of aryl methyl sites for hydroxylation is 3. The van der Waals surface area contributed by atoms with E-state index >= 15 is 0 Å². The quantitative estimate of drug-likeness (QED) is 0.261. The average molecular weight is 496 g/mol. The molecule has 5 rings (SSSR count). The minimum atomic E-state index is -4.59. The van der Waals surface area contributed by atoms with Crippen molar-refractivity contribution in [3.63, 3.8) is 0 Å². The van der Waals surface area contributed by atoms with Gasteiger partial charge in [-0.15, -0.1) is 0 Å². The molecular weight excluding hydrogens is 475 g/mol. The van der Waals surface area contributed by atoms with Crippen molar-refractivity contribution in [3.8, 4) is 22.4 Å². The standard InChI is InChI=1S/C21H16ClF3N4.C5H5N/c1-11-6-14(4-5-17(11)22)18-9-19(21(23,24)25)29-20(28-18)16(10-26-29)15-7-12(2)27-13(3)8-15;1-2-4-6-5-3-1/h4-10H,1-3H3;1-5H. The van der Waals surface area contributed by atoms with Crippen LogP contribution in [0.4, 0.5) is 13.2 Å². The number of benzene rings is 1. The first-order valence-corrected chi connectivity index (χ1v) is 11.0. The first-order chi connectivity index (χ1) is 16.6. The first-order valence-electron chi connectivity index (χ1n) is 10.7. The average Bonchev–Trinajstić information content (AvgIpc) is 3.24. The molecule has 0 aliphatic rings. The molecule has 0 aliphatic heterocycles. The zero-order chi connectivity index (χ0) is 25.2. The van der Waals surface area contributed by atoms with Gasteiger partial charge in [0.05, 0.1) is 11.9 Å². The summed E-state index contributed by atoms with van der Waals surface area (Å²) < 4.78 is 42.2. The normalized spacial score (nSPS) is 11.3. The van der Waals surface area contributed by atoms with E-state index in [0.29, 0.717) is 16.1 Å². The molecule has 5 aromatic rings. The molecule has 0 aliphatic carbocycles. The van der Waals surface area contributed by atoms with E-state index in [9.17, 15) is 13.2 Å². The van der Waals surface area contributed by atoms with Crippen molar-refractivity contribution in [2.75, 3.05) is 0 Å². The Bertz CT molecular complexity index is 1430. The lowest BCUT2D eigenvalue weighted by Gasteiger charge is -2.12. The number of hydrogen-bond acceptors (Lipinski definition) is 4. The highest BCUT2D eigenvalue weighted by atomic mass is 35.5. The van der Waals surface area contributed by atoms with Gasteiger partial charge in [-0.05, 0) is 74.4 Å². The number of fused-ring (bicyclic) bond motifs is 1. The Hall–Kier alpha value is -3.78. The molecule has 0 saturated heterocycles. The van der Waals surface area contributed by atoms with E-state index in [1.807, 2.05) is 32.0 Å². The first kappa shape index (κ1) is 24.3. The van der Waals surface area contributed by atoms with Crippen molar-refractivity contribution in [2.24, 2.45) is 0 Å². The summed E-state index contributed by atoms with van der Waals surface area (Å²) in [5.41, 5.74) is 3.51. The number of halogens is 4. The topological polar surface area (TPSA) is 56.0 Å². The largest absolute Gasteiger partial charge is 0.433 e. The van der Waals surface area contributed by atoms with Crippen molar-refractivity contribution in [1.29, 1.82) is 0 Å². The third kappa shape index (κ3) is 5.49. The highest BCUT2D eigenvalue weighted by Crippen LogP contribution is 2.35. The zero-order valence-electron chi connectivity index (χ0n) is 19.2. The van der Waals surface area contributed by atoms with Crippen molar-refractivity contribution in [3.05, 3.63) is 101 Å². The predicted molar refractivity (Wildman–Crippen MR) is 130 cm³/mol. The lowest BCUT2D eigenvalue weighted by molar-refractivity contribution is -0.142. The van der Waals surface area contributed by atoms with Gasteiger partial charge in [0.1, 0.15) is 0 Å². The van der Waals surface area contributed by atoms with E-state index in [1.165, 1.54) is 6.20 Å². The smallest absolute Gasteiger partial charge is 0.265 e. The molecule has 0 N–H and O–H groups in total. The zero-order valence-corrected chi connectivity index (χ0v) is 19.9. The third-order valence-corrected chi connectivity index (χ3v) is 5.60. The summed E-state index contributed by atoms with van der Waals surface area (Å²) in [4.78, 5) is 12.6. The molecule has 0 bridgehead atoms. The maximum atomic E-state index is 13.8. The summed E-state index contributed by atoms with van der Waals surface area (Å²) in [6.45, 7) is 5.46. The third-order valence-electron chi connectivity index (χ3n) is 5.17. The summed E-state index contributed by atoms with van der Waals surface area (Å²) in [6, 6.07) is 15.4. The van der Waals surface area contributed by atoms with Gasteiger partial charge in [-0.3, -0.25) is 9.97 Å². The van der Waals surface area contributed by atoms with Crippen LogP contribution in [0.2, 0.25) is 5.02 Å². The number of pyridine rings is 2. The highest BCUT2D eigenvalue weighted by molar-refractivity contribution is 6.31. The summed E-state index contributed by atoms with van der Waals surface area (Å²) in [5.74, 6) is 0. The molecule has 178 valence electrons. The molecule has 0 spiro atoms. The molecule has 35 heavy (non-hydrogen) atoms. The molecule has 0 saturated carbocycles. The summed E-state index contributed by atoms with van der Waals surface area (Å²) in [7, 11) is 0. The van der Waals surface area contributed by atoms with Gasteiger partial charge < -0.3 is 0 Å². The number of alkyl halides is 3. The Balaban J connectivity index is 0.000000421. The van der Waals surface area contributed by atoms with Crippen LogP contribution in [0, 0.1) is 20.8 Å². The molecule has 0 unspecified atom stereocenters. The highest BCUT2D eigenvalue weighted by Gasteiger charge is 2.35. The molecule has 4 heterocycles. The van der Waals surface area contributed by atoms with Gasteiger partial charge in [0.25, 0.3) is 0 Å². The van der Waals surface area contributed by atoms with E-state index in [-0.39, 0.29) is 11.3 Å². The lowest BCUT2D eigenvalue weighted by atomic mass is 10.1. The molecular formula is C26H21ClF3N5. The fourth-order valence-electron chi connectivity index (χ4n) is 3.62. The van der Waals surface area contributed by atoms with Gasteiger partial charge in [-0.2, -0.15) is 18.3 Å². The Morgan fingerprint density at radius 2 is 1.51 bits per heavy atom. The van der Waals surface area contributed by atoms with E-state index in [4.69, 9.17) is 11.6 Å². The molecule has 9 heteroatoms. The number of nitrogens with zero attached hydrogens (tertiary/aromatic N) is 5. The second kappa shape index (κ2) is 9.84. The van der Waals surface area contributed by atoms with E-state index < -0.39 is 11.9 Å². The van der Waals surface area contributed by atoms with Crippen LogP contribution in [0.5, 0.6) is 0 Å². The fourth-order valence-corrected chi connectivity index (χ4v) is 3.74. The molecule has 0 amide bonds. The van der Waals surface area contributed by atoms with Gasteiger partial charge in [-0.1, -0.05) is 23.7 Å². The second-order valence-electron chi connectivity index (χ2n) is 7.95. The lowest BCUT2D eigenvalue weighted by Crippen LogP contribution is -2.13. The van der Waals surface area contributed by atoms with Crippen LogP contribution < -0.4 is 0 Å². The Labute approximate surface area is 205 Å². The molecule has 5 nitrogen and oxygen atoms in total. The molecule has 4 aromatic heterocycles. The van der Waals surface area contributed by atoms with Gasteiger partial charge in [0, 0.05) is 39.9 Å². The van der Waals surface area contributed by atoms with Crippen LogP contribution >= 0.6 is 11.6 Å². The summed E-state index contributed by atoms with van der Waals surface area (Å²) in [5, 5.41) is 4.52. The van der Waals surface area contributed by atoms with E-state index in [0.717, 1.165) is 33.1 Å². The van der Waals surface area contributed by atoms with Crippen LogP contribution in [0.3, 0.4) is 0 Å². The monoisotopic (exact) mass is 495 g/mol. The van der Waals surface area contributed by atoms with Gasteiger partial charge >= 0.3 is 6.18 Å². The number of aromatic nitrogens is 5. The summed E-state index contributed by atoms with van der Waals surface area (Å²) >= 11 is 6.06. The number of hydrogen-bond donors (Lipinski definition) is 0. The SMILES string of the molecule is Cc1cc(-c2cnn3c(C(F)(F)F)cc(-c4ccc(Cl)c(C)c4)nc23)cc(C)n1.c1ccncc1. The van der Waals surface area contributed by atoms with Crippen LogP contribution in [0.15, 0.2) is 73.2 Å². The van der Waals surface area contributed by atoms with E-state index in [2.05, 4.69) is 20.1 Å². The Morgan fingerprint density at radius 3 is 2.06 bits per heavy atom. The van der Waals surface area contributed by atoms with Crippen molar-refractivity contribution in [2.45, 2.75) is 26.9 Å². The van der Waals surface area contributed by atoms with Crippen molar-refractivity contribution >= 4 is 17.2 Å². The minimum Gasteiger partial charge on any atom is -0.265 e. The van der Waals surface area contributed by atoms with Crippen molar-refractivity contribution < 1.29 is 13.2 Å². The van der Waals surface area contributed by atoms with Crippen LogP contribution in [0.1, 0.15) is 22.6 Å². The van der Waals surface area contributed by atoms with Crippen LogP contribution in [-0.2, 0) is 6.18 Å².